The number of unbranched alkanes of at least 4 members (excludes halogenated alkanes) is 1. The summed E-state index contributed by atoms with van der Waals surface area (Å²) in [6.07, 6.45) is 24.1. The van der Waals surface area contributed by atoms with E-state index in [0.29, 0.717) is 28.4 Å². The molecule has 0 unspecified atom stereocenters. The van der Waals surface area contributed by atoms with Gasteiger partial charge in [0, 0.05) is 6.20 Å². The maximum absolute atomic E-state index is 9.26. The van der Waals surface area contributed by atoms with Crippen molar-refractivity contribution in [2.45, 2.75) is 124 Å². The van der Waals surface area contributed by atoms with Gasteiger partial charge in [0.2, 0.25) is 0 Å². The van der Waals surface area contributed by atoms with Gasteiger partial charge in [0.25, 0.3) is 0 Å². The first-order chi connectivity index (χ1) is 16.4. The summed E-state index contributed by atoms with van der Waals surface area (Å²) < 4.78 is 2.10. The number of nitriles is 1. The summed E-state index contributed by atoms with van der Waals surface area (Å²) >= 11 is 0. The summed E-state index contributed by atoms with van der Waals surface area (Å²) in [7, 11) is 0. The monoisotopic (exact) mass is 463 g/mol. The van der Waals surface area contributed by atoms with Crippen molar-refractivity contribution in [3.05, 3.63) is 18.0 Å². The van der Waals surface area contributed by atoms with E-state index >= 15 is 0 Å². The fourth-order valence-electron chi connectivity index (χ4n) is 10.4. The highest BCUT2D eigenvalue weighted by Gasteiger charge is 2.58. The standard InChI is InChI=1S/C31H49N3/c1-5-7-15-31(14-6-2)17-13-25-24(18-31)8-9-27-26(25)12-16-30(4)28(10-11-29(27)30)22(3)34-21-23(19-32)20-33-34/h20-22,24-29H,5-18H2,1-4H3/t22-,24+,25-,26+,27+,28+,29-,30+,31-/m0/s1. The molecule has 34 heavy (non-hydrogen) atoms. The highest BCUT2D eigenvalue weighted by atomic mass is 15.3. The number of hydrogen-bond acceptors (Lipinski definition) is 2. The van der Waals surface area contributed by atoms with E-state index in [0.717, 1.165) is 29.6 Å². The molecule has 0 spiro atoms. The summed E-state index contributed by atoms with van der Waals surface area (Å²) in [4.78, 5) is 0. The van der Waals surface area contributed by atoms with Crippen LogP contribution < -0.4 is 0 Å². The highest BCUT2D eigenvalue weighted by Crippen LogP contribution is 2.67. The van der Waals surface area contributed by atoms with Gasteiger partial charge in [-0.3, -0.25) is 4.68 Å². The lowest BCUT2D eigenvalue weighted by atomic mass is 9.47. The molecule has 1 heterocycles. The van der Waals surface area contributed by atoms with Crippen LogP contribution in [0.2, 0.25) is 0 Å². The first-order valence-electron chi connectivity index (χ1n) is 14.9. The fraction of sp³-hybridized carbons (Fsp3) is 0.871. The molecule has 3 nitrogen and oxygen atoms in total. The third-order valence-electron chi connectivity index (χ3n) is 11.9. The molecular weight excluding hydrogens is 414 g/mol. The summed E-state index contributed by atoms with van der Waals surface area (Å²) in [5, 5.41) is 13.8. The SMILES string of the molecule is CCCC[C@@]1(CCC)CC[C@H]2[C@H](CC[C@@H]3[C@@H]2CC[C@]2(C)[C@@H]([C@H](C)n4cc(C#N)cn4)CC[C@@H]32)C1. The molecule has 0 radical (unpaired) electrons. The maximum atomic E-state index is 9.26. The van der Waals surface area contributed by atoms with Crippen molar-refractivity contribution in [3.63, 3.8) is 0 Å². The van der Waals surface area contributed by atoms with Crippen molar-refractivity contribution in [2.75, 3.05) is 0 Å². The molecule has 3 heteroatoms. The van der Waals surface area contributed by atoms with Gasteiger partial charge in [-0.05, 0) is 124 Å². The molecule has 9 atom stereocenters. The van der Waals surface area contributed by atoms with E-state index in [-0.39, 0.29) is 0 Å². The molecular formula is C31H49N3. The third-order valence-corrected chi connectivity index (χ3v) is 11.9. The fourth-order valence-corrected chi connectivity index (χ4v) is 10.4. The molecule has 1 aromatic rings. The van der Waals surface area contributed by atoms with Crippen LogP contribution in [0.4, 0.5) is 0 Å². The Kier molecular flexibility index (Phi) is 6.91. The van der Waals surface area contributed by atoms with Gasteiger partial charge < -0.3 is 0 Å². The summed E-state index contributed by atoms with van der Waals surface area (Å²) in [5.74, 6) is 5.63. The first kappa shape index (κ1) is 24.4. The lowest BCUT2D eigenvalue weighted by Gasteiger charge is -2.58. The quantitative estimate of drug-likeness (QED) is 0.406. The molecule has 1 aromatic heterocycles. The van der Waals surface area contributed by atoms with Crippen molar-refractivity contribution in [1.82, 2.24) is 9.78 Å². The minimum atomic E-state index is 0.396. The number of aromatic nitrogens is 2. The van der Waals surface area contributed by atoms with Gasteiger partial charge in [0.15, 0.2) is 0 Å². The lowest BCUT2D eigenvalue weighted by Crippen LogP contribution is -2.50. The van der Waals surface area contributed by atoms with E-state index in [1.54, 1.807) is 12.6 Å². The Labute approximate surface area is 209 Å². The van der Waals surface area contributed by atoms with Crippen LogP contribution in [0.5, 0.6) is 0 Å². The Morgan fingerprint density at radius 1 is 1.03 bits per heavy atom. The Balaban J connectivity index is 1.29. The minimum Gasteiger partial charge on any atom is -0.268 e. The normalized spacial score (nSPS) is 42.3. The third kappa shape index (κ3) is 4.06. The average Bonchev–Trinajstić information content (AvgIpc) is 3.46. The van der Waals surface area contributed by atoms with Crippen LogP contribution in [0.3, 0.4) is 0 Å². The Morgan fingerprint density at radius 3 is 2.59 bits per heavy atom. The van der Waals surface area contributed by atoms with Crippen LogP contribution in [-0.2, 0) is 0 Å². The van der Waals surface area contributed by atoms with E-state index in [4.69, 9.17) is 0 Å². The van der Waals surface area contributed by atoms with Crippen LogP contribution in [0, 0.1) is 57.7 Å². The van der Waals surface area contributed by atoms with Crippen LogP contribution in [0.25, 0.3) is 0 Å². The first-order valence-corrected chi connectivity index (χ1v) is 14.9. The predicted molar refractivity (Wildman–Crippen MR) is 139 cm³/mol. The largest absolute Gasteiger partial charge is 0.268 e. The van der Waals surface area contributed by atoms with Crippen LogP contribution in [0.1, 0.15) is 129 Å². The number of nitrogens with zero attached hydrogens (tertiary/aromatic N) is 3. The number of rotatable bonds is 7. The van der Waals surface area contributed by atoms with Crippen LogP contribution >= 0.6 is 0 Å². The van der Waals surface area contributed by atoms with Crippen LogP contribution in [-0.4, -0.2) is 9.78 Å². The average molecular weight is 464 g/mol. The molecule has 4 saturated carbocycles. The second-order valence-corrected chi connectivity index (χ2v) is 13.3. The van der Waals surface area contributed by atoms with Gasteiger partial charge >= 0.3 is 0 Å². The number of fused-ring (bicyclic) bond motifs is 5. The summed E-state index contributed by atoms with van der Waals surface area (Å²) in [6.45, 7) is 9.79. The van der Waals surface area contributed by atoms with Crippen molar-refractivity contribution in [3.8, 4) is 6.07 Å². The maximum Gasteiger partial charge on any atom is 0.102 e. The van der Waals surface area contributed by atoms with Crippen molar-refractivity contribution in [2.24, 2.45) is 46.3 Å². The van der Waals surface area contributed by atoms with E-state index < -0.39 is 0 Å². The molecule has 188 valence electrons. The van der Waals surface area contributed by atoms with Crippen LogP contribution in [0.15, 0.2) is 12.4 Å². The molecule has 4 fully saturated rings. The summed E-state index contributed by atoms with van der Waals surface area (Å²) in [6, 6.07) is 2.66. The van der Waals surface area contributed by atoms with Crippen molar-refractivity contribution < 1.29 is 0 Å². The van der Waals surface area contributed by atoms with Crippen molar-refractivity contribution >= 4 is 0 Å². The molecule has 0 N–H and O–H groups in total. The van der Waals surface area contributed by atoms with Gasteiger partial charge in [-0.2, -0.15) is 10.4 Å². The van der Waals surface area contributed by atoms with Crippen molar-refractivity contribution in [1.29, 1.82) is 5.26 Å². The van der Waals surface area contributed by atoms with E-state index in [1.807, 2.05) is 6.20 Å². The predicted octanol–water partition coefficient (Wildman–Crippen LogP) is 8.56. The second kappa shape index (κ2) is 9.63. The van der Waals surface area contributed by atoms with Gasteiger partial charge in [0.1, 0.15) is 6.07 Å². The lowest BCUT2D eigenvalue weighted by molar-refractivity contribution is -0.0866. The Hall–Kier alpha value is -1.30. The Morgan fingerprint density at radius 2 is 1.85 bits per heavy atom. The van der Waals surface area contributed by atoms with Gasteiger partial charge in [0.05, 0.1) is 17.8 Å². The van der Waals surface area contributed by atoms with Gasteiger partial charge in [-0.25, -0.2) is 0 Å². The molecule has 5 rings (SSSR count). The summed E-state index contributed by atoms with van der Waals surface area (Å²) in [5.41, 5.74) is 1.83. The molecule has 0 aliphatic heterocycles. The molecule has 0 amide bonds. The van der Waals surface area contributed by atoms with E-state index in [2.05, 4.69) is 43.5 Å². The van der Waals surface area contributed by atoms with Gasteiger partial charge in [-0.1, -0.05) is 40.0 Å². The zero-order valence-electron chi connectivity index (χ0n) is 22.4. The molecule has 4 aliphatic carbocycles. The van der Waals surface area contributed by atoms with E-state index in [9.17, 15) is 5.26 Å². The molecule has 4 aliphatic rings. The van der Waals surface area contributed by atoms with Gasteiger partial charge in [-0.15, -0.1) is 0 Å². The second-order valence-electron chi connectivity index (χ2n) is 13.3. The minimum absolute atomic E-state index is 0.396. The smallest absolute Gasteiger partial charge is 0.102 e. The molecule has 0 saturated heterocycles. The number of hydrogen-bond donors (Lipinski definition) is 0. The van der Waals surface area contributed by atoms with E-state index in [1.165, 1.54) is 83.5 Å². The molecule has 0 aromatic carbocycles. The Bertz CT molecular complexity index is 881. The topological polar surface area (TPSA) is 41.6 Å². The zero-order valence-corrected chi connectivity index (χ0v) is 22.4. The highest BCUT2D eigenvalue weighted by molar-refractivity contribution is 5.22. The zero-order chi connectivity index (χ0) is 23.9. The molecule has 0 bridgehead atoms.